The van der Waals surface area contributed by atoms with E-state index in [1.54, 1.807) is 25.1 Å². The summed E-state index contributed by atoms with van der Waals surface area (Å²) >= 11 is 0. The van der Waals surface area contributed by atoms with Crippen LogP contribution < -0.4 is 50.4 Å². The first-order chi connectivity index (χ1) is 19.5. The Morgan fingerprint density at radius 1 is 0.733 bits per heavy atom. The van der Waals surface area contributed by atoms with Gasteiger partial charge in [-0.05, 0) is 74.9 Å². The van der Waals surface area contributed by atoms with Gasteiger partial charge in [-0.2, -0.15) is 15.0 Å². The SMILES string of the molecule is CCC(=O)Nc1ccc(C(=O)Nc2ccc(Nc3nc(N4CCCCC4)nc(N4CCCCC4)n3)cc2)c(O)c1.Cl.N.N.N.N.[HH].[HH].[HH].[HH]. The highest BCUT2D eigenvalue weighted by Crippen LogP contribution is 2.26. The van der Waals surface area contributed by atoms with Crippen LogP contribution in [0.4, 0.5) is 34.9 Å². The maximum absolute atomic E-state index is 12.8. The molecule has 3 aromatic rings. The molecule has 0 radical (unpaired) electrons. The van der Waals surface area contributed by atoms with Crippen molar-refractivity contribution in [2.75, 3.05) is 51.9 Å². The number of hydrogen-bond donors (Lipinski definition) is 8. The number of halogens is 1. The van der Waals surface area contributed by atoms with E-state index in [0.717, 1.165) is 57.5 Å². The summed E-state index contributed by atoms with van der Waals surface area (Å²) < 4.78 is 0. The lowest BCUT2D eigenvalue weighted by atomic mass is 10.1. The molecule has 3 heterocycles. The Morgan fingerprint density at radius 3 is 1.71 bits per heavy atom. The van der Waals surface area contributed by atoms with Gasteiger partial charge in [-0.3, -0.25) is 9.59 Å². The van der Waals surface area contributed by atoms with Crippen molar-refractivity contribution in [2.24, 2.45) is 0 Å². The third-order valence-corrected chi connectivity index (χ3v) is 7.14. The van der Waals surface area contributed by atoms with Crippen LogP contribution in [0.5, 0.6) is 5.75 Å². The maximum atomic E-state index is 12.8. The largest absolute Gasteiger partial charge is 0.507 e. The lowest BCUT2D eigenvalue weighted by molar-refractivity contribution is -0.115. The van der Waals surface area contributed by atoms with Crippen molar-refractivity contribution in [3.8, 4) is 5.75 Å². The molecule has 2 aliphatic rings. The number of piperidine rings is 2. The van der Waals surface area contributed by atoms with Crippen molar-refractivity contribution in [3.63, 3.8) is 0 Å². The number of aromatic nitrogens is 3. The van der Waals surface area contributed by atoms with E-state index in [1.165, 1.54) is 25.0 Å². The molecular weight excluding hydrogens is 600 g/mol. The maximum Gasteiger partial charge on any atom is 0.259 e. The summed E-state index contributed by atoms with van der Waals surface area (Å²) in [5.41, 5.74) is 1.88. The predicted octanol–water partition coefficient (Wildman–Crippen LogP) is 6.96. The van der Waals surface area contributed by atoms with Crippen LogP contribution >= 0.6 is 12.4 Å². The molecule has 0 saturated carbocycles. The van der Waals surface area contributed by atoms with Crippen LogP contribution in [0.3, 0.4) is 0 Å². The molecule has 2 fully saturated rings. The van der Waals surface area contributed by atoms with E-state index in [1.807, 2.05) is 12.1 Å². The van der Waals surface area contributed by atoms with E-state index in [4.69, 9.17) is 15.0 Å². The number of rotatable bonds is 8. The van der Waals surface area contributed by atoms with Crippen LogP contribution in [0.15, 0.2) is 42.5 Å². The van der Waals surface area contributed by atoms with Crippen molar-refractivity contribution in [1.29, 1.82) is 0 Å². The van der Waals surface area contributed by atoms with Crippen LogP contribution in [0.2, 0.25) is 0 Å². The molecule has 0 aliphatic carbocycles. The monoisotopic (exact) mass is 656 g/mol. The summed E-state index contributed by atoms with van der Waals surface area (Å²) in [7, 11) is 0. The lowest BCUT2D eigenvalue weighted by Gasteiger charge is -2.30. The number of hydrogen-bond acceptors (Lipinski definition) is 13. The Hall–Kier alpha value is -4.28. The number of nitrogens with one attached hydrogen (secondary N) is 3. The lowest BCUT2D eigenvalue weighted by Crippen LogP contribution is -2.34. The second-order valence-electron chi connectivity index (χ2n) is 10.1. The minimum atomic E-state index is -0.457. The summed E-state index contributed by atoms with van der Waals surface area (Å²) in [4.78, 5) is 43.1. The van der Waals surface area contributed by atoms with Gasteiger partial charge in [-0.15, -0.1) is 12.4 Å². The van der Waals surface area contributed by atoms with Crippen LogP contribution in [0.25, 0.3) is 0 Å². The molecular formula is C29H57ClN12O3. The van der Waals surface area contributed by atoms with Crippen molar-refractivity contribution in [2.45, 2.75) is 51.9 Å². The molecule has 0 spiro atoms. The molecule has 0 unspecified atom stereocenters. The molecule has 15 nitrogen and oxygen atoms in total. The Kier molecular flexibility index (Phi) is 17.4. The second-order valence-corrected chi connectivity index (χ2v) is 10.1. The molecule has 2 saturated heterocycles. The molecule has 5 rings (SSSR count). The first kappa shape index (κ1) is 40.7. The molecule has 2 amide bonds. The predicted molar refractivity (Wildman–Crippen MR) is 192 cm³/mol. The van der Waals surface area contributed by atoms with Crippen LogP contribution in [-0.2, 0) is 4.79 Å². The summed E-state index contributed by atoms with van der Waals surface area (Å²) in [6, 6.07) is 11.6. The molecule has 2 aromatic carbocycles. The summed E-state index contributed by atoms with van der Waals surface area (Å²) in [5.74, 6) is 1.07. The Morgan fingerprint density at radius 2 is 1.22 bits per heavy atom. The third kappa shape index (κ3) is 10.7. The molecule has 0 bridgehead atoms. The van der Waals surface area contributed by atoms with Crippen LogP contribution in [0, 0.1) is 0 Å². The van der Waals surface area contributed by atoms with Gasteiger partial charge in [0.1, 0.15) is 5.75 Å². The average Bonchev–Trinajstić information content (AvgIpc) is 2.99. The fourth-order valence-electron chi connectivity index (χ4n) is 4.90. The zero-order valence-corrected chi connectivity index (χ0v) is 26.9. The number of aromatic hydroxyl groups is 1. The fraction of sp³-hybridized carbons (Fsp3) is 0.414. The zero-order chi connectivity index (χ0) is 27.9. The van der Waals surface area contributed by atoms with E-state index in [0.29, 0.717) is 35.6 Å². The Bertz CT molecular complexity index is 1330. The van der Waals surface area contributed by atoms with Gasteiger partial charge in [0.25, 0.3) is 5.91 Å². The van der Waals surface area contributed by atoms with Crippen molar-refractivity contribution in [3.05, 3.63) is 48.0 Å². The smallest absolute Gasteiger partial charge is 0.259 e. The minimum Gasteiger partial charge on any atom is -0.507 e. The van der Waals surface area contributed by atoms with Gasteiger partial charge in [-0.1, -0.05) is 6.92 Å². The van der Waals surface area contributed by atoms with E-state index in [-0.39, 0.29) is 59.9 Å². The Labute approximate surface area is 276 Å². The number of phenolic OH excluding ortho intramolecular Hbond substituents is 1. The normalized spacial score (nSPS) is 13.7. The minimum absolute atomic E-state index is 0. The van der Waals surface area contributed by atoms with Crippen molar-refractivity contribution < 1.29 is 20.4 Å². The number of carbonyl (C=O) groups excluding carboxylic acids is 2. The van der Waals surface area contributed by atoms with E-state index >= 15 is 0 Å². The summed E-state index contributed by atoms with van der Waals surface area (Å²) in [5, 5.41) is 19.1. The first-order valence-electron chi connectivity index (χ1n) is 14.1. The average molecular weight is 657 g/mol. The molecule has 16 N–H and O–H groups in total. The molecule has 45 heavy (non-hydrogen) atoms. The van der Waals surface area contributed by atoms with Gasteiger partial charge < -0.3 is 55.5 Å². The third-order valence-electron chi connectivity index (χ3n) is 7.14. The molecule has 16 heteroatoms. The zero-order valence-electron chi connectivity index (χ0n) is 26.1. The second kappa shape index (κ2) is 19.2. The first-order valence-corrected chi connectivity index (χ1v) is 14.1. The van der Waals surface area contributed by atoms with Gasteiger partial charge in [0.15, 0.2) is 0 Å². The van der Waals surface area contributed by atoms with Crippen molar-refractivity contribution in [1.82, 2.24) is 39.6 Å². The van der Waals surface area contributed by atoms with E-state index in [2.05, 4.69) is 25.8 Å². The number of carbonyl (C=O) groups is 2. The van der Waals surface area contributed by atoms with Gasteiger partial charge in [0, 0.05) is 61.4 Å². The number of amides is 2. The molecule has 2 aliphatic heterocycles. The fourth-order valence-corrected chi connectivity index (χ4v) is 4.90. The highest BCUT2D eigenvalue weighted by molar-refractivity contribution is 6.06. The van der Waals surface area contributed by atoms with Crippen LogP contribution in [0.1, 0.15) is 67.9 Å². The highest BCUT2D eigenvalue weighted by atomic mass is 35.5. The number of anilines is 6. The summed E-state index contributed by atoms with van der Waals surface area (Å²) in [6.45, 7) is 5.53. The Balaban J connectivity index is -0.000000717. The van der Waals surface area contributed by atoms with E-state index in [9.17, 15) is 14.7 Å². The highest BCUT2D eigenvalue weighted by Gasteiger charge is 2.20. The van der Waals surface area contributed by atoms with Gasteiger partial charge in [0.05, 0.1) is 5.56 Å². The number of benzene rings is 2. The standard InChI is InChI=1S/C29H36N8O3.ClH.4H3N.4H2/c1-2-25(39)30-22-13-14-23(24(38)19-22)26(40)31-20-9-11-21(12-10-20)32-27-33-28(36-15-5-3-6-16-36)35-29(34-27)37-17-7-4-8-18-37;;;;;;;;;/h9-14,19,38H,2-8,15-18H2,1H3,(H,30,39)(H,31,40)(H,32,33,34,35);1H;4*1H3;4*1H. The quantitative estimate of drug-likeness (QED) is 0.122. The van der Waals surface area contributed by atoms with Crippen molar-refractivity contribution >= 4 is 59.1 Å². The van der Waals surface area contributed by atoms with Gasteiger partial charge in [-0.25, -0.2) is 0 Å². The van der Waals surface area contributed by atoms with E-state index < -0.39 is 5.91 Å². The van der Waals surface area contributed by atoms with Gasteiger partial charge in [0.2, 0.25) is 23.8 Å². The molecule has 1 aromatic heterocycles. The molecule has 0 atom stereocenters. The van der Waals surface area contributed by atoms with Crippen LogP contribution in [-0.4, -0.2) is 58.1 Å². The van der Waals surface area contributed by atoms with Gasteiger partial charge >= 0.3 is 0 Å². The number of phenols is 1. The summed E-state index contributed by atoms with van der Waals surface area (Å²) in [6.07, 6.45) is 7.33. The number of nitrogens with zero attached hydrogens (tertiary/aromatic N) is 5. The molecule has 258 valence electrons. The topological polar surface area (TPSA) is 276 Å².